The van der Waals surface area contributed by atoms with Crippen molar-refractivity contribution in [2.45, 2.75) is 44.2 Å². The lowest BCUT2D eigenvalue weighted by atomic mass is 10.0. The Kier molecular flexibility index (Phi) is 5.88. The number of nitrogens with one attached hydrogen (secondary N) is 3. The summed E-state index contributed by atoms with van der Waals surface area (Å²) < 4.78 is 65.0. The first-order valence-corrected chi connectivity index (χ1v) is 11.9. The van der Waals surface area contributed by atoms with Gasteiger partial charge in [0.2, 0.25) is 15.9 Å². The summed E-state index contributed by atoms with van der Waals surface area (Å²) in [6.45, 7) is 3.79. The number of aryl methyl sites for hydroxylation is 2. The first-order chi connectivity index (χ1) is 15.8. The number of hydrogen-bond donors (Lipinski definition) is 3. The quantitative estimate of drug-likeness (QED) is 0.504. The van der Waals surface area contributed by atoms with Gasteiger partial charge in [-0.05, 0) is 54.7 Å². The zero-order chi connectivity index (χ0) is 24.8. The molecule has 1 aliphatic heterocycles. The summed E-state index contributed by atoms with van der Waals surface area (Å²) in [4.78, 5) is 30.6. The van der Waals surface area contributed by atoms with Crippen molar-refractivity contribution in [2.75, 3.05) is 0 Å². The van der Waals surface area contributed by atoms with Crippen LogP contribution in [0, 0.1) is 13.8 Å². The Balaban J connectivity index is 1.63. The van der Waals surface area contributed by atoms with Crippen molar-refractivity contribution in [3.05, 3.63) is 64.5 Å². The lowest BCUT2D eigenvalue weighted by Crippen LogP contribution is -2.40. The Morgan fingerprint density at radius 1 is 1.18 bits per heavy atom. The summed E-state index contributed by atoms with van der Waals surface area (Å²) in [7, 11) is -3.82. The summed E-state index contributed by atoms with van der Waals surface area (Å²) in [5.74, 6) is -2.53. The third-order valence-corrected chi connectivity index (χ3v) is 7.50. The first-order valence-electron chi connectivity index (χ1n) is 10.3. The van der Waals surface area contributed by atoms with Crippen LogP contribution >= 0.6 is 0 Å². The summed E-state index contributed by atoms with van der Waals surface area (Å²) in [6, 6.07) is 8.63. The van der Waals surface area contributed by atoms with Crippen LogP contribution in [0.2, 0.25) is 0 Å². The number of aromatic amines is 1. The average molecular weight is 494 g/mol. The van der Waals surface area contributed by atoms with Gasteiger partial charge < -0.3 is 10.3 Å². The van der Waals surface area contributed by atoms with Gasteiger partial charge in [0.25, 0.3) is 0 Å². The van der Waals surface area contributed by atoms with Crippen molar-refractivity contribution in [1.29, 1.82) is 0 Å². The monoisotopic (exact) mass is 494 g/mol. The third kappa shape index (κ3) is 4.76. The molecular formula is C22H21F3N4O4S. The summed E-state index contributed by atoms with van der Waals surface area (Å²) >= 11 is 0. The van der Waals surface area contributed by atoms with Crippen molar-refractivity contribution in [3.8, 4) is 0 Å². The maximum Gasteiger partial charge on any atom is 0.471 e. The van der Waals surface area contributed by atoms with Crippen molar-refractivity contribution < 1.29 is 31.2 Å². The molecule has 1 aliphatic rings. The first kappa shape index (κ1) is 23.7. The number of sulfonamides is 1. The molecule has 2 heterocycles. The fraction of sp³-hybridized carbons (Fsp3) is 0.318. The lowest BCUT2D eigenvalue weighted by Gasteiger charge is -2.18. The Morgan fingerprint density at radius 3 is 2.41 bits per heavy atom. The molecule has 3 N–H and O–H groups in total. The number of imidazole rings is 1. The molecule has 8 nitrogen and oxygen atoms in total. The fourth-order valence-corrected chi connectivity index (χ4v) is 5.29. The highest BCUT2D eigenvalue weighted by molar-refractivity contribution is 7.90. The van der Waals surface area contributed by atoms with E-state index in [4.69, 9.17) is 0 Å². The minimum absolute atomic E-state index is 0.0333. The third-order valence-electron chi connectivity index (χ3n) is 5.80. The molecule has 12 heteroatoms. The molecule has 1 unspecified atom stereocenters. The van der Waals surface area contributed by atoms with Crippen molar-refractivity contribution in [1.82, 2.24) is 20.0 Å². The molecule has 180 valence electrons. The molecule has 2 aromatic carbocycles. The highest BCUT2D eigenvalue weighted by Gasteiger charge is 2.40. The Morgan fingerprint density at radius 2 is 1.82 bits per heavy atom. The standard InChI is InChI=1S/C22H21F3N4O4S/c1-11-7-15-16(8-12(11)2)27-20(26-15)17(28-21(31)22(23,24)25)9-13-3-5-14(6-4-13)18-10-19(30)29-34(18,32)33/h3-8,17-18H,9-10H2,1-2H3,(H,26,27)(H,28,31)(H,29,30)/t17-,18?/m0/s1. The molecule has 1 fully saturated rings. The number of hydrogen-bond acceptors (Lipinski definition) is 5. The SMILES string of the molecule is Cc1cc2nc([C@H](Cc3ccc(C4CC(=O)NS4(=O)=O)cc3)NC(=O)C(F)(F)F)[nH]c2cc1C. The van der Waals surface area contributed by atoms with Crippen LogP contribution in [0.3, 0.4) is 0 Å². The molecular weight excluding hydrogens is 473 g/mol. The second kappa shape index (κ2) is 8.42. The molecule has 1 saturated heterocycles. The molecule has 0 saturated carbocycles. The van der Waals surface area contributed by atoms with E-state index in [0.29, 0.717) is 22.2 Å². The number of aromatic nitrogens is 2. The molecule has 0 aliphatic carbocycles. The number of alkyl halides is 3. The van der Waals surface area contributed by atoms with Crippen LogP contribution in [0.4, 0.5) is 13.2 Å². The van der Waals surface area contributed by atoms with Gasteiger partial charge in [-0.3, -0.25) is 14.3 Å². The van der Waals surface area contributed by atoms with Crippen LogP contribution in [0.5, 0.6) is 0 Å². The molecule has 2 atom stereocenters. The zero-order valence-electron chi connectivity index (χ0n) is 18.2. The normalized spacial score (nSPS) is 18.6. The highest BCUT2D eigenvalue weighted by atomic mass is 32.2. The van der Waals surface area contributed by atoms with E-state index in [0.717, 1.165) is 11.1 Å². The number of halogens is 3. The summed E-state index contributed by atoms with van der Waals surface area (Å²) in [5.41, 5.74) is 4.05. The lowest BCUT2D eigenvalue weighted by molar-refractivity contribution is -0.174. The smallest absolute Gasteiger partial charge is 0.340 e. The van der Waals surface area contributed by atoms with Gasteiger partial charge in [-0.2, -0.15) is 13.2 Å². The largest absolute Gasteiger partial charge is 0.471 e. The van der Waals surface area contributed by atoms with Gasteiger partial charge in [-0.15, -0.1) is 0 Å². The van der Waals surface area contributed by atoms with Crippen LogP contribution in [-0.2, 0) is 26.0 Å². The minimum Gasteiger partial charge on any atom is -0.340 e. The second-order valence-electron chi connectivity index (χ2n) is 8.31. The number of H-pyrrole nitrogens is 1. The molecule has 0 spiro atoms. The van der Waals surface area contributed by atoms with Crippen LogP contribution in [-0.4, -0.2) is 36.4 Å². The predicted molar refractivity (Wildman–Crippen MR) is 117 cm³/mol. The number of amides is 2. The molecule has 4 rings (SSSR count). The van der Waals surface area contributed by atoms with Gasteiger partial charge in [0.15, 0.2) is 0 Å². The van der Waals surface area contributed by atoms with E-state index < -0.39 is 39.3 Å². The Bertz CT molecular complexity index is 1340. The van der Waals surface area contributed by atoms with Crippen molar-refractivity contribution in [3.63, 3.8) is 0 Å². The van der Waals surface area contributed by atoms with E-state index in [9.17, 15) is 31.2 Å². The molecule has 2 amide bonds. The highest BCUT2D eigenvalue weighted by Crippen LogP contribution is 2.31. The van der Waals surface area contributed by atoms with E-state index in [1.807, 2.05) is 30.0 Å². The van der Waals surface area contributed by atoms with Gasteiger partial charge in [0, 0.05) is 0 Å². The fourth-order valence-electron chi connectivity index (χ4n) is 3.86. The van der Waals surface area contributed by atoms with E-state index in [-0.39, 0.29) is 18.7 Å². The Labute approximate surface area is 193 Å². The number of rotatable bonds is 5. The topological polar surface area (TPSA) is 121 Å². The minimum atomic E-state index is -5.07. The van der Waals surface area contributed by atoms with Crippen LogP contribution in [0.15, 0.2) is 36.4 Å². The molecule has 3 aromatic rings. The summed E-state index contributed by atoms with van der Waals surface area (Å²) in [5, 5.41) is 0.961. The van der Waals surface area contributed by atoms with Crippen molar-refractivity contribution >= 4 is 32.9 Å². The van der Waals surface area contributed by atoms with Crippen molar-refractivity contribution in [2.24, 2.45) is 0 Å². The second-order valence-corrected chi connectivity index (χ2v) is 10.2. The number of nitrogens with zero attached hydrogens (tertiary/aromatic N) is 1. The van der Waals surface area contributed by atoms with Gasteiger partial charge in [0.1, 0.15) is 11.1 Å². The number of fused-ring (bicyclic) bond motifs is 1. The Hall–Kier alpha value is -3.41. The number of carbonyl (C=O) groups excluding carboxylic acids is 2. The van der Waals surface area contributed by atoms with Crippen LogP contribution in [0.25, 0.3) is 11.0 Å². The van der Waals surface area contributed by atoms with Gasteiger partial charge >= 0.3 is 12.1 Å². The number of benzene rings is 2. The maximum absolute atomic E-state index is 13.0. The van der Waals surface area contributed by atoms with E-state index >= 15 is 0 Å². The van der Waals surface area contributed by atoms with Gasteiger partial charge in [-0.1, -0.05) is 24.3 Å². The molecule has 1 aromatic heterocycles. The average Bonchev–Trinajstić information content (AvgIpc) is 3.26. The van der Waals surface area contributed by atoms with Gasteiger partial charge in [0.05, 0.1) is 23.5 Å². The molecule has 0 radical (unpaired) electrons. The van der Waals surface area contributed by atoms with E-state index in [2.05, 4.69) is 9.97 Å². The van der Waals surface area contributed by atoms with E-state index in [1.54, 1.807) is 18.2 Å². The maximum atomic E-state index is 13.0. The predicted octanol–water partition coefficient (Wildman–Crippen LogP) is 3.03. The van der Waals surface area contributed by atoms with Crippen LogP contribution < -0.4 is 10.0 Å². The van der Waals surface area contributed by atoms with Crippen LogP contribution in [0.1, 0.15) is 45.8 Å². The number of carbonyl (C=O) groups is 2. The summed E-state index contributed by atoms with van der Waals surface area (Å²) in [6.07, 6.45) is -5.31. The van der Waals surface area contributed by atoms with E-state index in [1.165, 1.54) is 12.1 Å². The van der Waals surface area contributed by atoms with Gasteiger partial charge in [-0.25, -0.2) is 13.4 Å². The zero-order valence-corrected chi connectivity index (χ0v) is 19.0. The molecule has 0 bridgehead atoms. The molecule has 34 heavy (non-hydrogen) atoms.